The van der Waals surface area contributed by atoms with Crippen molar-refractivity contribution in [3.05, 3.63) is 11.4 Å². The smallest absolute Gasteiger partial charge is 0.315 e. The van der Waals surface area contributed by atoms with Crippen LogP contribution in [0.25, 0.3) is 0 Å². The predicted molar refractivity (Wildman–Crippen MR) is 69.5 cm³/mol. The van der Waals surface area contributed by atoms with Crippen molar-refractivity contribution in [3.63, 3.8) is 0 Å². The zero-order valence-corrected chi connectivity index (χ0v) is 11.2. The maximum Gasteiger partial charge on any atom is 0.315 e. The zero-order valence-electron chi connectivity index (χ0n) is 11.2. The van der Waals surface area contributed by atoms with Gasteiger partial charge in [-0.25, -0.2) is 9.48 Å². The molecule has 1 aliphatic heterocycles. The molecule has 2 aliphatic rings. The summed E-state index contributed by atoms with van der Waals surface area (Å²) in [6, 6.07) is 0.127. The number of aromatic nitrogens is 3. The molecule has 0 unspecified atom stereocenters. The Kier molecular flexibility index (Phi) is 3.53. The molecule has 0 saturated heterocycles. The Morgan fingerprint density at radius 3 is 3.00 bits per heavy atom. The van der Waals surface area contributed by atoms with Crippen LogP contribution in [0.2, 0.25) is 0 Å². The van der Waals surface area contributed by atoms with E-state index in [-0.39, 0.29) is 18.5 Å². The number of amides is 3. The molecule has 2 heterocycles. The van der Waals surface area contributed by atoms with E-state index in [9.17, 15) is 9.59 Å². The molecule has 0 aromatic carbocycles. The summed E-state index contributed by atoms with van der Waals surface area (Å²) in [6.45, 7) is 0.924. The van der Waals surface area contributed by atoms with Crippen LogP contribution in [0.15, 0.2) is 0 Å². The molecule has 20 heavy (non-hydrogen) atoms. The standard InChI is InChI=1S/C12H18N6O2/c19-11-7-18-10(6-13-11)9(16-17-18)5-14-12(20)15-8-3-1-2-4-8/h8H,1-7H2,(H,13,19)(H2,14,15,20). The lowest BCUT2D eigenvalue weighted by molar-refractivity contribution is -0.122. The van der Waals surface area contributed by atoms with Gasteiger partial charge in [-0.1, -0.05) is 18.1 Å². The van der Waals surface area contributed by atoms with E-state index in [4.69, 9.17) is 0 Å². The van der Waals surface area contributed by atoms with E-state index in [1.54, 1.807) is 4.68 Å². The van der Waals surface area contributed by atoms with Gasteiger partial charge in [-0.05, 0) is 12.8 Å². The Bertz CT molecular complexity index is 520. The maximum absolute atomic E-state index is 11.8. The molecule has 3 amide bonds. The topological polar surface area (TPSA) is 101 Å². The monoisotopic (exact) mass is 278 g/mol. The first-order chi connectivity index (χ1) is 9.72. The highest BCUT2D eigenvalue weighted by Crippen LogP contribution is 2.17. The molecule has 0 bridgehead atoms. The molecule has 0 atom stereocenters. The van der Waals surface area contributed by atoms with Crippen LogP contribution in [0.5, 0.6) is 0 Å². The van der Waals surface area contributed by atoms with Gasteiger partial charge in [0.25, 0.3) is 0 Å². The van der Waals surface area contributed by atoms with Gasteiger partial charge in [-0.2, -0.15) is 0 Å². The summed E-state index contributed by atoms with van der Waals surface area (Å²) in [7, 11) is 0. The fraction of sp³-hybridized carbons (Fsp3) is 0.667. The minimum absolute atomic E-state index is 0.0686. The SMILES string of the molecule is O=C1Cn2nnc(CNC(=O)NC3CCCC3)c2CN1. The summed E-state index contributed by atoms with van der Waals surface area (Å²) >= 11 is 0. The maximum atomic E-state index is 11.8. The minimum atomic E-state index is -0.168. The zero-order chi connectivity index (χ0) is 13.9. The number of hydrogen-bond acceptors (Lipinski definition) is 4. The molecule has 0 radical (unpaired) electrons. The fourth-order valence-electron chi connectivity index (χ4n) is 2.67. The molecular weight excluding hydrogens is 260 g/mol. The molecule has 1 fully saturated rings. The second kappa shape index (κ2) is 5.48. The van der Waals surface area contributed by atoms with Gasteiger partial charge in [0.1, 0.15) is 12.2 Å². The van der Waals surface area contributed by atoms with Crippen molar-refractivity contribution in [1.29, 1.82) is 0 Å². The van der Waals surface area contributed by atoms with Gasteiger partial charge in [0.2, 0.25) is 5.91 Å². The third-order valence-corrected chi connectivity index (χ3v) is 3.77. The number of carbonyl (C=O) groups excluding carboxylic acids is 2. The predicted octanol–water partition coefficient (Wildman–Crippen LogP) is -0.350. The number of hydrogen-bond donors (Lipinski definition) is 3. The lowest BCUT2D eigenvalue weighted by Gasteiger charge is -2.15. The normalized spacial score (nSPS) is 18.5. The number of urea groups is 1. The van der Waals surface area contributed by atoms with Crippen molar-refractivity contribution in [2.24, 2.45) is 0 Å². The van der Waals surface area contributed by atoms with E-state index in [0.29, 0.717) is 24.8 Å². The lowest BCUT2D eigenvalue weighted by Crippen LogP contribution is -2.41. The van der Waals surface area contributed by atoms with Gasteiger partial charge < -0.3 is 16.0 Å². The number of nitrogens with zero attached hydrogens (tertiary/aromatic N) is 3. The Labute approximate surface area is 116 Å². The quantitative estimate of drug-likeness (QED) is 0.703. The van der Waals surface area contributed by atoms with Crippen LogP contribution in [0.3, 0.4) is 0 Å². The molecular formula is C12H18N6O2. The molecule has 108 valence electrons. The van der Waals surface area contributed by atoms with Crippen molar-refractivity contribution in [2.75, 3.05) is 0 Å². The highest BCUT2D eigenvalue weighted by molar-refractivity contribution is 5.76. The van der Waals surface area contributed by atoms with Gasteiger partial charge in [-0.15, -0.1) is 5.10 Å². The van der Waals surface area contributed by atoms with E-state index in [2.05, 4.69) is 26.3 Å². The van der Waals surface area contributed by atoms with Crippen LogP contribution >= 0.6 is 0 Å². The van der Waals surface area contributed by atoms with Crippen LogP contribution in [0, 0.1) is 0 Å². The Hall–Kier alpha value is -2.12. The molecule has 3 N–H and O–H groups in total. The molecule has 8 heteroatoms. The number of fused-ring (bicyclic) bond motifs is 1. The number of carbonyl (C=O) groups is 2. The molecule has 1 saturated carbocycles. The number of nitrogens with one attached hydrogen (secondary N) is 3. The number of rotatable bonds is 3. The van der Waals surface area contributed by atoms with E-state index >= 15 is 0 Å². The van der Waals surface area contributed by atoms with Gasteiger partial charge in [0.15, 0.2) is 0 Å². The summed E-state index contributed by atoms with van der Waals surface area (Å²) in [5, 5.41) is 16.4. The van der Waals surface area contributed by atoms with Gasteiger partial charge in [-0.3, -0.25) is 4.79 Å². The minimum Gasteiger partial charge on any atom is -0.349 e. The third-order valence-electron chi connectivity index (χ3n) is 3.77. The van der Waals surface area contributed by atoms with Crippen LogP contribution in [-0.2, 0) is 24.4 Å². The third kappa shape index (κ3) is 2.73. The molecule has 1 aliphatic carbocycles. The summed E-state index contributed by atoms with van der Waals surface area (Å²) in [6.07, 6.45) is 4.48. The van der Waals surface area contributed by atoms with E-state index in [1.807, 2.05) is 0 Å². The second-order valence-electron chi connectivity index (χ2n) is 5.23. The Morgan fingerprint density at radius 2 is 2.20 bits per heavy atom. The van der Waals surface area contributed by atoms with E-state index in [0.717, 1.165) is 18.5 Å². The van der Waals surface area contributed by atoms with E-state index in [1.165, 1.54) is 12.8 Å². The first-order valence-electron chi connectivity index (χ1n) is 6.94. The van der Waals surface area contributed by atoms with E-state index < -0.39 is 0 Å². The van der Waals surface area contributed by atoms with Gasteiger partial charge in [0.05, 0.1) is 18.8 Å². The average Bonchev–Trinajstić information content (AvgIpc) is 3.05. The fourth-order valence-corrected chi connectivity index (χ4v) is 2.67. The first kappa shape index (κ1) is 12.9. The van der Waals surface area contributed by atoms with Gasteiger partial charge in [0, 0.05) is 6.04 Å². The van der Waals surface area contributed by atoms with Gasteiger partial charge >= 0.3 is 6.03 Å². The molecule has 1 aromatic heterocycles. The molecule has 8 nitrogen and oxygen atoms in total. The van der Waals surface area contributed by atoms with Crippen LogP contribution in [0.1, 0.15) is 37.1 Å². The summed E-state index contributed by atoms with van der Waals surface area (Å²) < 4.78 is 1.57. The molecule has 3 rings (SSSR count). The molecule has 1 aromatic rings. The van der Waals surface area contributed by atoms with Crippen molar-refractivity contribution in [3.8, 4) is 0 Å². The summed E-state index contributed by atoms with van der Waals surface area (Å²) in [5.41, 5.74) is 1.55. The first-order valence-corrected chi connectivity index (χ1v) is 6.94. The van der Waals surface area contributed by atoms with Crippen LogP contribution in [-0.4, -0.2) is 33.0 Å². The second-order valence-corrected chi connectivity index (χ2v) is 5.23. The highest BCUT2D eigenvalue weighted by Gasteiger charge is 2.21. The van der Waals surface area contributed by atoms with Crippen LogP contribution in [0.4, 0.5) is 4.79 Å². The Balaban J connectivity index is 1.53. The van der Waals surface area contributed by atoms with Crippen molar-refractivity contribution >= 4 is 11.9 Å². The summed E-state index contributed by atoms with van der Waals surface area (Å²) in [4.78, 5) is 23.0. The van der Waals surface area contributed by atoms with Crippen molar-refractivity contribution < 1.29 is 9.59 Å². The highest BCUT2D eigenvalue weighted by atomic mass is 16.2. The van der Waals surface area contributed by atoms with Crippen LogP contribution < -0.4 is 16.0 Å². The average molecular weight is 278 g/mol. The Morgan fingerprint density at radius 1 is 1.40 bits per heavy atom. The summed E-state index contributed by atoms with van der Waals surface area (Å²) in [5.74, 6) is -0.0686. The van der Waals surface area contributed by atoms with Crippen molar-refractivity contribution in [1.82, 2.24) is 30.9 Å². The van der Waals surface area contributed by atoms with Crippen molar-refractivity contribution in [2.45, 2.75) is 51.4 Å². The molecule has 0 spiro atoms. The largest absolute Gasteiger partial charge is 0.349 e. The lowest BCUT2D eigenvalue weighted by atomic mass is 10.2.